The number of piperazine rings is 1. The van der Waals surface area contributed by atoms with Crippen LogP contribution < -0.4 is 9.47 Å². The number of allylic oxidation sites excluding steroid dienone is 2. The Bertz CT molecular complexity index is 2740. The number of hydrogen-bond acceptors (Lipinski definition) is 9. The summed E-state index contributed by atoms with van der Waals surface area (Å²) in [4.78, 5) is 55.4. The van der Waals surface area contributed by atoms with Gasteiger partial charge in [-0.15, -0.1) is 6.58 Å². The van der Waals surface area contributed by atoms with Crippen molar-refractivity contribution in [1.82, 2.24) is 34.2 Å². The first-order chi connectivity index (χ1) is 33.6. The molecule has 1 aliphatic heterocycles. The van der Waals surface area contributed by atoms with Crippen molar-refractivity contribution in [3.63, 3.8) is 0 Å². The summed E-state index contributed by atoms with van der Waals surface area (Å²) >= 11 is 0. The standard InChI is InChI=1S/C37H47N5O2.C19H23FN2O4/c1-25-16-17-32-31(14-10-24-44-33-15-9-12-29-11-7-8-13-30(29)33)36(28(4)43)42(23-22-41-20-18-39(5)19-21-41)37(32)34(25)35-26(2)38-40(6)27(35)3;1-5-7-10-15(18(24)21(4)20)22(6-2)19(25)17-14(3)9-8-11-16(17)26-13-12-23/h8-9,12-13,15-17H,7,10-11,14,18-24H2,1-6H3;5-6,8-9,11-12,15H,1-2,7,10,13H2,3-4H3. The fourth-order valence-corrected chi connectivity index (χ4v) is 9.76. The number of likely N-dealkylation sites (N-methyl/N-ethyl adjacent to an activating group) is 2. The molecular weight excluding hydrogens is 886 g/mol. The van der Waals surface area contributed by atoms with Crippen LogP contribution in [-0.4, -0.2) is 124 Å². The van der Waals surface area contributed by atoms with Crippen LogP contribution in [0.25, 0.3) is 28.1 Å². The van der Waals surface area contributed by atoms with Gasteiger partial charge in [0.25, 0.3) is 11.8 Å². The summed E-state index contributed by atoms with van der Waals surface area (Å²) in [6.45, 7) is 23.4. The van der Waals surface area contributed by atoms with Crippen molar-refractivity contribution in [1.29, 1.82) is 0 Å². The predicted molar refractivity (Wildman–Crippen MR) is 276 cm³/mol. The molecule has 1 atom stereocenters. The lowest BCUT2D eigenvalue weighted by Crippen LogP contribution is -2.45. The Kier molecular flexibility index (Phi) is 18.3. The van der Waals surface area contributed by atoms with Crippen LogP contribution in [-0.2, 0) is 36.0 Å². The molecule has 1 aliphatic carbocycles. The van der Waals surface area contributed by atoms with Gasteiger partial charge < -0.3 is 23.8 Å². The van der Waals surface area contributed by atoms with Gasteiger partial charge in [0, 0.05) is 94.3 Å². The molecule has 0 N–H and O–H groups in total. The van der Waals surface area contributed by atoms with Gasteiger partial charge in [0.05, 0.1) is 29.1 Å². The lowest BCUT2D eigenvalue weighted by Gasteiger charge is -2.32. The molecule has 0 bridgehead atoms. The number of benzene rings is 3. The van der Waals surface area contributed by atoms with Gasteiger partial charge in [0.15, 0.2) is 12.1 Å². The summed E-state index contributed by atoms with van der Waals surface area (Å²) in [5, 5.41) is 5.90. The largest absolute Gasteiger partial charge is 0.493 e. The Hall–Kier alpha value is -6.64. The molecule has 5 aromatic rings. The van der Waals surface area contributed by atoms with E-state index >= 15 is 0 Å². The number of aromatic nitrogens is 3. The number of amides is 2. The van der Waals surface area contributed by atoms with Gasteiger partial charge >= 0.3 is 0 Å². The van der Waals surface area contributed by atoms with E-state index in [2.05, 4.69) is 97.8 Å². The lowest BCUT2D eigenvalue weighted by molar-refractivity contribution is -0.147. The SMILES string of the molecule is C=CCCC(C(=O)N(C)F)N(C=C)C(=O)c1c(C)cccc1OCC=O.CC(=O)c1c(CCCOc2cccc3c2C=CCC3)c2ccc(C)c(-c3c(C)nn(C)c3C)c2n1CCN1CCN(C)CC1. The average molecular weight is 956 g/mol. The molecule has 3 aromatic carbocycles. The number of carbonyl (C=O) groups is 4. The van der Waals surface area contributed by atoms with Gasteiger partial charge in [0.2, 0.25) is 0 Å². The molecule has 0 spiro atoms. The third-order valence-corrected chi connectivity index (χ3v) is 13.5. The summed E-state index contributed by atoms with van der Waals surface area (Å²) in [6, 6.07) is 14.7. The first kappa shape index (κ1) is 52.7. The first-order valence-electron chi connectivity index (χ1n) is 24.3. The van der Waals surface area contributed by atoms with Gasteiger partial charge in [-0.1, -0.05) is 65.7 Å². The number of fused-ring (bicyclic) bond motifs is 2. The van der Waals surface area contributed by atoms with Crippen molar-refractivity contribution in [3.8, 4) is 22.6 Å². The fourth-order valence-electron chi connectivity index (χ4n) is 9.76. The fraction of sp³-hybridized carbons (Fsp3) is 0.411. The number of nitrogens with zero attached hydrogens (tertiary/aromatic N) is 7. The number of ether oxygens (including phenoxy) is 2. The maximum Gasteiger partial charge on any atom is 0.273 e. The molecule has 13 nitrogen and oxygen atoms in total. The highest BCUT2D eigenvalue weighted by atomic mass is 19.2. The summed E-state index contributed by atoms with van der Waals surface area (Å²) in [5.41, 5.74) is 12.3. The molecule has 1 saturated heterocycles. The smallest absolute Gasteiger partial charge is 0.273 e. The third kappa shape index (κ3) is 11.8. The quantitative estimate of drug-likeness (QED) is 0.0247. The van der Waals surface area contributed by atoms with Crippen molar-refractivity contribution in [2.24, 2.45) is 7.05 Å². The van der Waals surface area contributed by atoms with Crippen LogP contribution in [0.15, 0.2) is 80.0 Å². The summed E-state index contributed by atoms with van der Waals surface area (Å²) < 4.78 is 29.5. The molecule has 3 heterocycles. The summed E-state index contributed by atoms with van der Waals surface area (Å²) in [7, 11) is 5.18. The number of carbonyl (C=O) groups excluding carboxylic acids is 4. The molecule has 0 radical (unpaired) electrons. The molecular formula is C56H70FN7O6. The van der Waals surface area contributed by atoms with Crippen molar-refractivity contribution >= 4 is 40.9 Å². The van der Waals surface area contributed by atoms with Crippen LogP contribution in [0.5, 0.6) is 11.5 Å². The van der Waals surface area contributed by atoms with Gasteiger partial charge in [0.1, 0.15) is 24.1 Å². The average Bonchev–Trinajstić information content (AvgIpc) is 3.80. The Morgan fingerprint density at radius 2 is 1.64 bits per heavy atom. The van der Waals surface area contributed by atoms with Crippen molar-refractivity contribution in [3.05, 3.63) is 131 Å². The Morgan fingerprint density at radius 1 is 0.914 bits per heavy atom. The zero-order valence-electron chi connectivity index (χ0n) is 42.4. The van der Waals surface area contributed by atoms with Gasteiger partial charge in [-0.2, -0.15) is 10.2 Å². The first-order valence-corrected chi connectivity index (χ1v) is 24.3. The molecule has 70 heavy (non-hydrogen) atoms. The minimum absolute atomic E-state index is 0.0564. The van der Waals surface area contributed by atoms with Gasteiger partial charge in [-0.25, -0.2) is 0 Å². The molecule has 2 aromatic heterocycles. The molecule has 1 fully saturated rings. The van der Waals surface area contributed by atoms with E-state index < -0.39 is 17.9 Å². The monoisotopic (exact) mass is 956 g/mol. The van der Waals surface area contributed by atoms with Crippen LogP contribution in [0, 0.1) is 27.7 Å². The Morgan fingerprint density at radius 3 is 2.30 bits per heavy atom. The van der Waals surface area contributed by atoms with Gasteiger partial charge in [-0.3, -0.25) is 28.8 Å². The highest BCUT2D eigenvalue weighted by molar-refractivity contribution is 6.07. The molecule has 1 unspecified atom stereocenters. The van der Waals surface area contributed by atoms with Crippen LogP contribution in [0.2, 0.25) is 0 Å². The second-order valence-electron chi connectivity index (χ2n) is 18.2. The summed E-state index contributed by atoms with van der Waals surface area (Å²) in [6.07, 6.45) is 12.1. The molecule has 2 amide bonds. The van der Waals surface area contributed by atoms with E-state index in [0.29, 0.717) is 24.9 Å². The zero-order chi connectivity index (χ0) is 50.6. The molecule has 14 heteroatoms. The highest BCUT2D eigenvalue weighted by Crippen LogP contribution is 2.40. The predicted octanol–water partition coefficient (Wildman–Crippen LogP) is 9.22. The number of aryl methyl sites for hydroxylation is 6. The van der Waals surface area contributed by atoms with E-state index in [1.807, 2.05) is 11.7 Å². The molecule has 372 valence electrons. The number of halogens is 1. The number of Topliss-reactive ketones (excluding diaryl/α,β-unsaturated/α-hetero) is 1. The van der Waals surface area contributed by atoms with E-state index in [0.717, 1.165) is 105 Å². The van der Waals surface area contributed by atoms with E-state index in [4.69, 9.17) is 14.6 Å². The van der Waals surface area contributed by atoms with Gasteiger partial charge in [-0.05, 0) is 108 Å². The molecule has 2 aliphatic rings. The summed E-state index contributed by atoms with van der Waals surface area (Å²) in [5.74, 6) is -0.147. The lowest BCUT2D eigenvalue weighted by atomic mass is 9.94. The molecule has 0 saturated carbocycles. The van der Waals surface area contributed by atoms with Crippen LogP contribution in [0.1, 0.15) is 92.7 Å². The van der Waals surface area contributed by atoms with Crippen LogP contribution in [0.4, 0.5) is 4.48 Å². The number of aldehydes is 1. The third-order valence-electron chi connectivity index (χ3n) is 13.5. The van der Waals surface area contributed by atoms with E-state index in [-0.39, 0.29) is 35.2 Å². The van der Waals surface area contributed by atoms with Crippen molar-refractivity contribution < 1.29 is 33.1 Å². The molecule has 7 rings (SSSR count). The number of rotatable bonds is 20. The normalized spacial score (nSPS) is 14.0. The van der Waals surface area contributed by atoms with Crippen molar-refractivity contribution in [2.45, 2.75) is 85.7 Å². The Balaban J connectivity index is 0.000000265. The minimum atomic E-state index is -1.08. The number of hydrogen-bond donors (Lipinski definition) is 0. The van der Waals surface area contributed by atoms with E-state index in [1.165, 1.54) is 44.9 Å². The van der Waals surface area contributed by atoms with Crippen molar-refractivity contribution in [2.75, 3.05) is 60.0 Å². The second kappa shape index (κ2) is 24.3. The minimum Gasteiger partial charge on any atom is -0.493 e. The zero-order valence-corrected chi connectivity index (χ0v) is 42.4. The van der Waals surface area contributed by atoms with E-state index in [1.54, 1.807) is 38.1 Å². The number of ketones is 1. The topological polar surface area (TPSA) is 122 Å². The van der Waals surface area contributed by atoms with Crippen LogP contribution in [0.3, 0.4) is 0 Å². The second-order valence-corrected chi connectivity index (χ2v) is 18.2. The maximum absolute atomic E-state index is 13.5. The maximum atomic E-state index is 13.5. The highest BCUT2D eigenvalue weighted by Gasteiger charge is 2.33. The Labute approximate surface area is 412 Å². The van der Waals surface area contributed by atoms with E-state index in [9.17, 15) is 23.7 Å². The van der Waals surface area contributed by atoms with Crippen LogP contribution >= 0.6 is 0 Å².